The summed E-state index contributed by atoms with van der Waals surface area (Å²) in [6.45, 7) is 4.13. The number of benzene rings is 1. The van der Waals surface area contributed by atoms with Gasteiger partial charge in [0.25, 0.3) is 0 Å². The molecule has 0 saturated carbocycles. The van der Waals surface area contributed by atoms with Crippen LogP contribution in [-0.2, 0) is 10.5 Å². The molecule has 1 amide bonds. The quantitative estimate of drug-likeness (QED) is 0.799. The molecule has 19 heavy (non-hydrogen) atoms. The highest BCUT2D eigenvalue weighted by atomic mass is 35.5. The van der Waals surface area contributed by atoms with Gasteiger partial charge in [0.05, 0.1) is 5.75 Å². The predicted octanol–water partition coefficient (Wildman–Crippen LogP) is 4.53. The van der Waals surface area contributed by atoms with Crippen LogP contribution >= 0.6 is 35.0 Å². The number of rotatable bonds is 7. The highest BCUT2D eigenvalue weighted by Crippen LogP contribution is 2.28. The summed E-state index contributed by atoms with van der Waals surface area (Å²) >= 11 is 13.7. The number of carbonyl (C=O) groups is 1. The maximum Gasteiger partial charge on any atom is 0.230 e. The van der Waals surface area contributed by atoms with Crippen LogP contribution in [0.25, 0.3) is 0 Å². The number of carbonyl (C=O) groups excluding carboxylic acids is 1. The van der Waals surface area contributed by atoms with E-state index in [1.54, 1.807) is 0 Å². The normalized spacial score (nSPS) is 12.2. The van der Waals surface area contributed by atoms with Gasteiger partial charge in [0, 0.05) is 21.8 Å². The zero-order valence-corrected chi connectivity index (χ0v) is 13.5. The average molecular weight is 320 g/mol. The Balaban J connectivity index is 2.36. The third kappa shape index (κ3) is 6.07. The first-order chi connectivity index (χ1) is 9.04. The lowest BCUT2D eigenvalue weighted by Crippen LogP contribution is -2.33. The second kappa shape index (κ2) is 8.72. The number of thioether (sulfide) groups is 1. The first-order valence-electron chi connectivity index (χ1n) is 6.34. The van der Waals surface area contributed by atoms with Crippen LogP contribution in [0.1, 0.15) is 32.3 Å². The molecule has 0 aliphatic carbocycles. The molecule has 0 radical (unpaired) electrons. The smallest absolute Gasteiger partial charge is 0.230 e. The molecule has 0 unspecified atom stereocenters. The predicted molar refractivity (Wildman–Crippen MR) is 85.1 cm³/mol. The molecule has 1 aromatic rings. The number of nitrogens with one attached hydrogen (secondary N) is 1. The van der Waals surface area contributed by atoms with Gasteiger partial charge in [-0.3, -0.25) is 4.79 Å². The van der Waals surface area contributed by atoms with Gasteiger partial charge in [-0.05, 0) is 31.0 Å². The van der Waals surface area contributed by atoms with Crippen LogP contribution in [0, 0.1) is 0 Å². The molecular formula is C14H19Cl2NOS. The van der Waals surface area contributed by atoms with Crippen molar-refractivity contribution in [2.24, 2.45) is 0 Å². The van der Waals surface area contributed by atoms with E-state index in [1.165, 1.54) is 11.8 Å². The fourth-order valence-electron chi connectivity index (χ4n) is 1.74. The van der Waals surface area contributed by atoms with Gasteiger partial charge in [-0.2, -0.15) is 0 Å². The lowest BCUT2D eigenvalue weighted by Gasteiger charge is -2.12. The molecule has 1 aromatic carbocycles. The zero-order valence-electron chi connectivity index (χ0n) is 11.2. The molecule has 0 saturated heterocycles. The summed E-state index contributed by atoms with van der Waals surface area (Å²) < 4.78 is 0. The minimum atomic E-state index is 0.0640. The van der Waals surface area contributed by atoms with Crippen LogP contribution < -0.4 is 5.32 Å². The van der Waals surface area contributed by atoms with Gasteiger partial charge in [0.15, 0.2) is 0 Å². The number of halogens is 2. The maximum atomic E-state index is 11.7. The summed E-state index contributed by atoms with van der Waals surface area (Å²) in [6, 6.07) is 5.68. The Bertz CT molecular complexity index is 406. The average Bonchev–Trinajstić information content (AvgIpc) is 2.33. The third-order valence-electron chi connectivity index (χ3n) is 2.67. The largest absolute Gasteiger partial charge is 0.353 e. The number of amides is 1. The lowest BCUT2D eigenvalue weighted by molar-refractivity contribution is -0.119. The van der Waals surface area contributed by atoms with Crippen molar-refractivity contribution in [1.29, 1.82) is 0 Å². The third-order valence-corrected chi connectivity index (χ3v) is 4.34. The van der Waals surface area contributed by atoms with E-state index in [-0.39, 0.29) is 11.9 Å². The van der Waals surface area contributed by atoms with E-state index < -0.39 is 0 Å². The van der Waals surface area contributed by atoms with Crippen LogP contribution in [0.2, 0.25) is 10.0 Å². The van der Waals surface area contributed by atoms with Crippen LogP contribution in [0.5, 0.6) is 0 Å². The van der Waals surface area contributed by atoms with Crippen molar-refractivity contribution in [2.75, 3.05) is 5.75 Å². The lowest BCUT2D eigenvalue weighted by atomic mass is 10.2. The van der Waals surface area contributed by atoms with Crippen molar-refractivity contribution >= 4 is 40.9 Å². The Morgan fingerprint density at radius 1 is 1.37 bits per heavy atom. The van der Waals surface area contributed by atoms with Crippen molar-refractivity contribution < 1.29 is 4.79 Å². The van der Waals surface area contributed by atoms with Crippen molar-refractivity contribution in [2.45, 2.75) is 38.5 Å². The minimum absolute atomic E-state index is 0.0640. The molecule has 0 bridgehead atoms. The van der Waals surface area contributed by atoms with Gasteiger partial charge in [0.2, 0.25) is 5.91 Å². The van der Waals surface area contributed by atoms with Gasteiger partial charge in [-0.1, -0.05) is 42.6 Å². The molecule has 1 N–H and O–H groups in total. The molecule has 5 heteroatoms. The van der Waals surface area contributed by atoms with Gasteiger partial charge < -0.3 is 5.32 Å². The SMILES string of the molecule is CCC[C@H](C)NC(=O)CSCc1c(Cl)cccc1Cl. The van der Waals surface area contributed by atoms with Gasteiger partial charge >= 0.3 is 0 Å². The Morgan fingerprint density at radius 2 is 2.00 bits per heavy atom. The second-order valence-electron chi connectivity index (χ2n) is 4.45. The molecule has 0 fully saturated rings. The Hall–Kier alpha value is -0.380. The van der Waals surface area contributed by atoms with Crippen LogP contribution in [0.4, 0.5) is 0 Å². The summed E-state index contributed by atoms with van der Waals surface area (Å²) in [7, 11) is 0. The molecule has 106 valence electrons. The van der Waals surface area contributed by atoms with Crippen molar-refractivity contribution in [3.63, 3.8) is 0 Å². The molecule has 0 heterocycles. The Labute approximate surface area is 129 Å². The summed E-state index contributed by atoms with van der Waals surface area (Å²) in [4.78, 5) is 11.7. The van der Waals surface area contributed by atoms with Gasteiger partial charge in [0.1, 0.15) is 0 Å². The summed E-state index contributed by atoms with van der Waals surface area (Å²) in [5, 5.41) is 4.28. The highest BCUT2D eigenvalue weighted by Gasteiger charge is 2.09. The van der Waals surface area contributed by atoms with E-state index in [9.17, 15) is 4.79 Å². The highest BCUT2D eigenvalue weighted by molar-refractivity contribution is 7.99. The topological polar surface area (TPSA) is 29.1 Å². The second-order valence-corrected chi connectivity index (χ2v) is 6.25. The maximum absolute atomic E-state index is 11.7. The zero-order chi connectivity index (χ0) is 14.3. The summed E-state index contributed by atoms with van der Waals surface area (Å²) in [5.41, 5.74) is 0.894. The van der Waals surface area contributed by atoms with E-state index in [2.05, 4.69) is 12.2 Å². The molecule has 0 aromatic heterocycles. The van der Waals surface area contributed by atoms with E-state index in [4.69, 9.17) is 23.2 Å². The molecule has 0 aliphatic heterocycles. The molecule has 0 aliphatic rings. The monoisotopic (exact) mass is 319 g/mol. The number of hydrogen-bond acceptors (Lipinski definition) is 2. The standard InChI is InChI=1S/C14H19Cl2NOS/c1-3-5-10(2)17-14(18)9-19-8-11-12(15)6-4-7-13(11)16/h4,6-7,10H,3,5,8-9H2,1-2H3,(H,17,18)/t10-/m0/s1. The number of hydrogen-bond donors (Lipinski definition) is 1. The fraction of sp³-hybridized carbons (Fsp3) is 0.500. The van der Waals surface area contributed by atoms with Crippen molar-refractivity contribution in [3.05, 3.63) is 33.8 Å². The van der Waals surface area contributed by atoms with Crippen molar-refractivity contribution in [1.82, 2.24) is 5.32 Å². The summed E-state index contributed by atoms with van der Waals surface area (Å²) in [5.74, 6) is 1.14. The van der Waals surface area contributed by atoms with Crippen LogP contribution in [0.3, 0.4) is 0 Å². The minimum Gasteiger partial charge on any atom is -0.353 e. The summed E-state index contributed by atoms with van der Waals surface area (Å²) in [6.07, 6.45) is 2.08. The van der Waals surface area contributed by atoms with E-state index in [1.807, 2.05) is 25.1 Å². The first kappa shape index (κ1) is 16.7. The molecule has 0 spiro atoms. The van der Waals surface area contributed by atoms with E-state index >= 15 is 0 Å². The van der Waals surface area contributed by atoms with E-state index in [0.29, 0.717) is 21.6 Å². The first-order valence-corrected chi connectivity index (χ1v) is 8.25. The van der Waals surface area contributed by atoms with Crippen LogP contribution in [-0.4, -0.2) is 17.7 Å². The molecule has 1 atom stereocenters. The van der Waals surface area contributed by atoms with E-state index in [0.717, 1.165) is 18.4 Å². The Morgan fingerprint density at radius 3 is 2.58 bits per heavy atom. The van der Waals surface area contributed by atoms with Gasteiger partial charge in [-0.25, -0.2) is 0 Å². The van der Waals surface area contributed by atoms with Crippen molar-refractivity contribution in [3.8, 4) is 0 Å². The van der Waals surface area contributed by atoms with Gasteiger partial charge in [-0.15, -0.1) is 11.8 Å². The Kier molecular flexibility index (Phi) is 7.66. The fourth-order valence-corrected chi connectivity index (χ4v) is 3.31. The van der Waals surface area contributed by atoms with Crippen LogP contribution in [0.15, 0.2) is 18.2 Å². The molecule has 2 nitrogen and oxygen atoms in total. The molecular weight excluding hydrogens is 301 g/mol. The molecule has 1 rings (SSSR count).